The summed E-state index contributed by atoms with van der Waals surface area (Å²) in [6, 6.07) is 3.13. The van der Waals surface area contributed by atoms with Crippen LogP contribution in [0.25, 0.3) is 0 Å². The van der Waals surface area contributed by atoms with Crippen LogP contribution >= 0.6 is 0 Å². The Bertz CT molecular complexity index is 1070. The first-order valence-electron chi connectivity index (χ1n) is 15.2. The summed E-state index contributed by atoms with van der Waals surface area (Å²) in [5, 5.41) is 74.7. The summed E-state index contributed by atoms with van der Waals surface area (Å²) >= 11 is 0. The Labute approximate surface area is 261 Å². The van der Waals surface area contributed by atoms with E-state index in [0.29, 0.717) is 18.4 Å². The summed E-state index contributed by atoms with van der Waals surface area (Å²) in [6.45, 7) is 0.526. The van der Waals surface area contributed by atoms with Crippen molar-refractivity contribution in [2.75, 3.05) is 26.9 Å². The van der Waals surface area contributed by atoms with Gasteiger partial charge in [0.05, 0.1) is 25.9 Å². The Morgan fingerprint density at radius 3 is 2.16 bits per heavy atom. The Kier molecular flexibility index (Phi) is 14.8. The molecule has 3 rings (SSSR count). The predicted octanol–water partition coefficient (Wildman–Crippen LogP) is -1.02. The number of aromatic hydroxyl groups is 1. The Hall–Kier alpha value is -2.44. The Balaban J connectivity index is 1.69. The van der Waals surface area contributed by atoms with Gasteiger partial charge in [0.2, 0.25) is 0 Å². The zero-order chi connectivity index (χ0) is 33.1. The van der Waals surface area contributed by atoms with E-state index in [0.717, 1.165) is 32.1 Å². The number of ether oxygens (including phenoxy) is 5. The highest BCUT2D eigenvalue weighted by Crippen LogP contribution is 2.30. The molecule has 8 N–H and O–H groups in total. The molecule has 1 aromatic rings. The summed E-state index contributed by atoms with van der Waals surface area (Å²) in [7, 11) is 1.36. The van der Waals surface area contributed by atoms with E-state index in [1.807, 2.05) is 0 Å². The number of aryl methyl sites for hydroxylation is 1. The van der Waals surface area contributed by atoms with E-state index < -0.39 is 80.5 Å². The van der Waals surface area contributed by atoms with Crippen LogP contribution in [0.15, 0.2) is 18.2 Å². The molecule has 0 aliphatic carbocycles. The highest BCUT2D eigenvalue weighted by Gasteiger charge is 2.51. The molecule has 1 aromatic carbocycles. The van der Waals surface area contributed by atoms with E-state index in [-0.39, 0.29) is 23.9 Å². The van der Waals surface area contributed by atoms with Crippen molar-refractivity contribution in [3.8, 4) is 5.75 Å². The second-order valence-corrected chi connectivity index (χ2v) is 11.4. The van der Waals surface area contributed by atoms with Crippen LogP contribution in [0, 0.1) is 6.92 Å². The highest BCUT2D eigenvalue weighted by molar-refractivity contribution is 5.97. The number of hydrogen-bond donors (Lipinski definition) is 8. The molecular weight excluding hydrogens is 598 g/mol. The number of carbonyl (C=O) groups is 2. The number of esters is 1. The lowest BCUT2D eigenvalue weighted by molar-refractivity contribution is -0.348. The van der Waals surface area contributed by atoms with E-state index in [1.165, 1.54) is 19.2 Å². The Morgan fingerprint density at radius 2 is 1.49 bits per heavy atom. The van der Waals surface area contributed by atoms with Gasteiger partial charge in [-0.2, -0.15) is 0 Å². The Morgan fingerprint density at radius 1 is 0.844 bits per heavy atom. The molecule has 1 amide bonds. The minimum Gasteiger partial charge on any atom is -0.507 e. The van der Waals surface area contributed by atoms with Crippen LogP contribution in [0.2, 0.25) is 0 Å². The van der Waals surface area contributed by atoms with Crippen LogP contribution in [0.1, 0.15) is 60.9 Å². The third-order valence-electron chi connectivity index (χ3n) is 7.97. The number of amides is 1. The second-order valence-electron chi connectivity index (χ2n) is 11.4. The summed E-state index contributed by atoms with van der Waals surface area (Å²) in [5.74, 6) is -1.28. The SMILES string of the molecule is COC(=O)CCCCCCCCO[C@@H]1OC(CO)[C@H](OC2OC(CO)[C@@H](O)C(O)C2O)C(O)C1NC(=O)c1cc(C)ccc1O. The van der Waals surface area contributed by atoms with Crippen molar-refractivity contribution in [3.63, 3.8) is 0 Å². The van der Waals surface area contributed by atoms with Crippen molar-refractivity contribution >= 4 is 11.9 Å². The number of unbranched alkanes of at least 4 members (excludes halogenated alkanes) is 5. The molecule has 0 radical (unpaired) electrons. The van der Waals surface area contributed by atoms with Gasteiger partial charge >= 0.3 is 5.97 Å². The molecule has 2 heterocycles. The molecular formula is C30H47NO14. The van der Waals surface area contributed by atoms with Crippen LogP contribution in [0.4, 0.5) is 0 Å². The lowest BCUT2D eigenvalue weighted by atomic mass is 9.95. The first-order valence-corrected chi connectivity index (χ1v) is 15.2. The summed E-state index contributed by atoms with van der Waals surface area (Å²) in [4.78, 5) is 24.5. The van der Waals surface area contributed by atoms with Gasteiger partial charge in [-0.05, 0) is 31.9 Å². The maximum Gasteiger partial charge on any atom is 0.305 e. The third-order valence-corrected chi connectivity index (χ3v) is 7.97. The number of hydrogen-bond acceptors (Lipinski definition) is 14. The van der Waals surface area contributed by atoms with Gasteiger partial charge in [0.15, 0.2) is 12.6 Å². The summed E-state index contributed by atoms with van der Waals surface area (Å²) in [5.41, 5.74) is 0.629. The fraction of sp³-hybridized carbons (Fsp3) is 0.733. The van der Waals surface area contributed by atoms with E-state index in [1.54, 1.807) is 13.0 Å². The third kappa shape index (κ3) is 10.0. The minimum atomic E-state index is -1.79. The van der Waals surface area contributed by atoms with Gasteiger partial charge in [-0.1, -0.05) is 37.3 Å². The quantitative estimate of drug-likeness (QED) is 0.0795. The molecule has 0 spiro atoms. The summed E-state index contributed by atoms with van der Waals surface area (Å²) in [6.07, 6.45) is -8.49. The molecule has 15 nitrogen and oxygen atoms in total. The van der Waals surface area contributed by atoms with Gasteiger partial charge in [0.25, 0.3) is 5.91 Å². The molecule has 7 unspecified atom stereocenters. The molecule has 2 aliphatic heterocycles. The van der Waals surface area contributed by atoms with Crippen molar-refractivity contribution in [2.45, 2.75) is 113 Å². The number of carbonyl (C=O) groups excluding carboxylic acids is 2. The van der Waals surface area contributed by atoms with Gasteiger partial charge in [-0.15, -0.1) is 0 Å². The fourth-order valence-electron chi connectivity index (χ4n) is 5.31. The van der Waals surface area contributed by atoms with Crippen LogP contribution in [0.5, 0.6) is 5.75 Å². The number of methoxy groups -OCH3 is 1. The molecule has 256 valence electrons. The van der Waals surface area contributed by atoms with Crippen molar-refractivity contribution in [1.82, 2.24) is 5.32 Å². The van der Waals surface area contributed by atoms with Crippen LogP contribution < -0.4 is 5.32 Å². The van der Waals surface area contributed by atoms with E-state index in [9.17, 15) is 45.3 Å². The van der Waals surface area contributed by atoms with Crippen molar-refractivity contribution in [1.29, 1.82) is 0 Å². The summed E-state index contributed by atoms with van der Waals surface area (Å²) < 4.78 is 27.6. The lowest BCUT2D eigenvalue weighted by Crippen LogP contribution is -2.67. The monoisotopic (exact) mass is 645 g/mol. The van der Waals surface area contributed by atoms with Gasteiger partial charge in [0, 0.05) is 13.0 Å². The second kappa shape index (κ2) is 18.0. The predicted molar refractivity (Wildman–Crippen MR) is 155 cm³/mol. The number of aliphatic hydroxyl groups excluding tert-OH is 6. The number of phenolic OH excluding ortho intramolecular Hbond substituents is 1. The zero-order valence-electron chi connectivity index (χ0n) is 25.6. The zero-order valence-corrected chi connectivity index (χ0v) is 25.6. The average Bonchev–Trinajstić information content (AvgIpc) is 3.03. The van der Waals surface area contributed by atoms with Crippen molar-refractivity contribution in [3.05, 3.63) is 29.3 Å². The minimum absolute atomic E-state index is 0.0659. The largest absolute Gasteiger partial charge is 0.507 e. The molecule has 0 aromatic heterocycles. The molecule has 10 atom stereocenters. The highest BCUT2D eigenvalue weighted by atomic mass is 16.7. The molecule has 2 fully saturated rings. The van der Waals surface area contributed by atoms with Gasteiger partial charge < -0.3 is 64.7 Å². The van der Waals surface area contributed by atoms with Gasteiger partial charge in [-0.3, -0.25) is 9.59 Å². The maximum absolute atomic E-state index is 13.2. The van der Waals surface area contributed by atoms with E-state index in [4.69, 9.17) is 18.9 Å². The standard InChI is InChI=1S/C30H47NO14/c1-16-10-11-18(34)17(13-16)28(40)31-22-24(37)27(45-30-26(39)25(38)23(36)19(14-32)43-30)20(15-33)44-29(22)42-12-8-6-4-3-5-7-9-21(35)41-2/h10-11,13,19-20,22-27,29-30,32-34,36-39H,3-9,12,14-15H2,1-2H3,(H,31,40)/t19?,20?,22?,23-,24?,25?,26?,27+,29-,30?/m1/s1. The number of nitrogens with one attached hydrogen (secondary N) is 1. The first kappa shape index (κ1) is 37.0. The maximum atomic E-state index is 13.2. The van der Waals surface area contributed by atoms with Crippen LogP contribution in [-0.4, -0.2) is 136 Å². The molecule has 0 bridgehead atoms. The number of aliphatic hydroxyl groups is 6. The first-order chi connectivity index (χ1) is 21.5. The number of phenols is 1. The average molecular weight is 646 g/mol. The van der Waals surface area contributed by atoms with Crippen LogP contribution in [0.3, 0.4) is 0 Å². The van der Waals surface area contributed by atoms with Crippen molar-refractivity contribution < 1.29 is 69.0 Å². The molecule has 2 aliphatic rings. The topological polar surface area (TPSA) is 234 Å². The van der Waals surface area contributed by atoms with Gasteiger partial charge in [-0.25, -0.2) is 0 Å². The lowest BCUT2D eigenvalue weighted by Gasteiger charge is -2.47. The molecule has 15 heteroatoms. The van der Waals surface area contributed by atoms with Crippen molar-refractivity contribution in [2.24, 2.45) is 0 Å². The smallest absolute Gasteiger partial charge is 0.305 e. The van der Waals surface area contributed by atoms with E-state index >= 15 is 0 Å². The molecule has 45 heavy (non-hydrogen) atoms. The van der Waals surface area contributed by atoms with Crippen LogP contribution in [-0.2, 0) is 28.5 Å². The normalized spacial score (nSPS) is 31.8. The number of benzene rings is 1. The van der Waals surface area contributed by atoms with E-state index in [2.05, 4.69) is 10.1 Å². The molecule has 2 saturated heterocycles. The number of rotatable bonds is 16. The van der Waals surface area contributed by atoms with Gasteiger partial charge in [0.1, 0.15) is 54.5 Å². The fourth-order valence-corrected chi connectivity index (χ4v) is 5.31. The molecule has 0 saturated carbocycles.